The van der Waals surface area contributed by atoms with Crippen molar-refractivity contribution in [3.8, 4) is 0 Å². The van der Waals surface area contributed by atoms with Crippen LogP contribution in [0, 0.1) is 0 Å². The van der Waals surface area contributed by atoms with Crippen molar-refractivity contribution < 1.29 is 0 Å². The molecule has 0 rings (SSSR count). The number of hydrogen-bond acceptors (Lipinski definition) is 2. The molecule has 0 atom stereocenters. The molecule has 0 spiro atoms. The Morgan fingerprint density at radius 3 is 2.17 bits per heavy atom. The van der Waals surface area contributed by atoms with E-state index in [1.165, 1.54) is 38.9 Å². The van der Waals surface area contributed by atoms with E-state index in [2.05, 4.69) is 24.1 Å². The molecule has 2 heteroatoms. The lowest BCUT2D eigenvalue weighted by molar-refractivity contribution is 0.296. The van der Waals surface area contributed by atoms with Gasteiger partial charge in [-0.05, 0) is 46.1 Å². The predicted octanol–water partition coefficient (Wildman–Crippen LogP) is 1.72. The van der Waals surface area contributed by atoms with Crippen molar-refractivity contribution in [3.05, 3.63) is 0 Å². The van der Waals surface area contributed by atoms with Gasteiger partial charge in [0.25, 0.3) is 0 Å². The van der Waals surface area contributed by atoms with Gasteiger partial charge in [-0.25, -0.2) is 0 Å². The van der Waals surface area contributed by atoms with Gasteiger partial charge in [0.15, 0.2) is 0 Å². The zero-order valence-corrected chi connectivity index (χ0v) is 8.90. The average Bonchev–Trinajstić information content (AvgIpc) is 2.11. The third-order valence-electron chi connectivity index (χ3n) is 2.30. The standard InChI is InChI=1S/C10H24N2/c1-4-12(5-2)10-8-6-7-9-11-3/h11H,4-10H2,1-3H3. The topological polar surface area (TPSA) is 15.3 Å². The largest absolute Gasteiger partial charge is 0.320 e. The third kappa shape index (κ3) is 6.62. The van der Waals surface area contributed by atoms with E-state index in [4.69, 9.17) is 0 Å². The Balaban J connectivity index is 3.06. The molecular weight excluding hydrogens is 148 g/mol. The quantitative estimate of drug-likeness (QED) is 0.561. The molecule has 0 aliphatic carbocycles. The van der Waals surface area contributed by atoms with Gasteiger partial charge in [-0.1, -0.05) is 20.3 Å². The van der Waals surface area contributed by atoms with Gasteiger partial charge in [-0.2, -0.15) is 0 Å². The molecule has 0 unspecified atom stereocenters. The summed E-state index contributed by atoms with van der Waals surface area (Å²) in [5.74, 6) is 0. The highest BCUT2D eigenvalue weighted by Gasteiger charge is 1.96. The minimum atomic E-state index is 1.16. The first-order valence-corrected chi connectivity index (χ1v) is 5.22. The average molecular weight is 172 g/mol. The van der Waals surface area contributed by atoms with Crippen LogP contribution in [-0.2, 0) is 0 Å². The SMILES string of the molecule is CCN(CC)CCCCCNC. The fourth-order valence-corrected chi connectivity index (χ4v) is 1.35. The highest BCUT2D eigenvalue weighted by atomic mass is 15.1. The molecule has 0 aromatic rings. The summed E-state index contributed by atoms with van der Waals surface area (Å²) in [7, 11) is 2.02. The van der Waals surface area contributed by atoms with Crippen LogP contribution in [-0.4, -0.2) is 38.1 Å². The molecule has 0 radical (unpaired) electrons. The molecule has 2 nitrogen and oxygen atoms in total. The van der Waals surface area contributed by atoms with E-state index in [9.17, 15) is 0 Å². The molecule has 0 fully saturated rings. The molecule has 0 aromatic carbocycles. The smallest absolute Gasteiger partial charge is 0.00190 e. The van der Waals surface area contributed by atoms with Crippen LogP contribution in [0.2, 0.25) is 0 Å². The molecule has 74 valence electrons. The predicted molar refractivity (Wildman–Crippen MR) is 55.6 cm³/mol. The second kappa shape index (κ2) is 9.01. The van der Waals surface area contributed by atoms with E-state index in [1.807, 2.05) is 7.05 Å². The molecule has 0 saturated carbocycles. The van der Waals surface area contributed by atoms with Gasteiger partial charge in [0.05, 0.1) is 0 Å². The summed E-state index contributed by atoms with van der Waals surface area (Å²) in [5, 5.41) is 3.17. The number of rotatable bonds is 8. The van der Waals surface area contributed by atoms with Crippen LogP contribution in [0.1, 0.15) is 33.1 Å². The number of nitrogens with one attached hydrogen (secondary N) is 1. The normalized spacial score (nSPS) is 11.0. The van der Waals surface area contributed by atoms with Crippen molar-refractivity contribution in [2.45, 2.75) is 33.1 Å². The highest BCUT2D eigenvalue weighted by Crippen LogP contribution is 1.97. The summed E-state index contributed by atoms with van der Waals surface area (Å²) < 4.78 is 0. The van der Waals surface area contributed by atoms with Gasteiger partial charge in [-0.15, -0.1) is 0 Å². The van der Waals surface area contributed by atoms with Gasteiger partial charge in [0.1, 0.15) is 0 Å². The summed E-state index contributed by atoms with van der Waals surface area (Å²) in [5.41, 5.74) is 0. The Kier molecular flexibility index (Phi) is 8.95. The molecule has 12 heavy (non-hydrogen) atoms. The number of unbranched alkanes of at least 4 members (excludes halogenated alkanes) is 2. The fourth-order valence-electron chi connectivity index (χ4n) is 1.35. The van der Waals surface area contributed by atoms with Crippen LogP contribution in [0.15, 0.2) is 0 Å². The summed E-state index contributed by atoms with van der Waals surface area (Å²) in [6.07, 6.45) is 4.03. The fraction of sp³-hybridized carbons (Fsp3) is 1.00. The Bertz CT molecular complexity index is 79.9. The van der Waals surface area contributed by atoms with E-state index in [0.717, 1.165) is 6.54 Å². The van der Waals surface area contributed by atoms with Gasteiger partial charge in [0, 0.05) is 0 Å². The zero-order valence-electron chi connectivity index (χ0n) is 8.90. The monoisotopic (exact) mass is 172 g/mol. The minimum absolute atomic E-state index is 1.16. The van der Waals surface area contributed by atoms with Crippen molar-refractivity contribution in [2.24, 2.45) is 0 Å². The number of nitrogens with zero attached hydrogens (tertiary/aromatic N) is 1. The van der Waals surface area contributed by atoms with Crippen LogP contribution in [0.25, 0.3) is 0 Å². The lowest BCUT2D eigenvalue weighted by Crippen LogP contribution is -2.24. The van der Waals surface area contributed by atoms with Gasteiger partial charge >= 0.3 is 0 Å². The molecule has 0 aliphatic heterocycles. The van der Waals surface area contributed by atoms with Crippen LogP contribution in [0.4, 0.5) is 0 Å². The molecule has 0 aliphatic rings. The Hall–Kier alpha value is -0.0800. The molecule has 0 amide bonds. The maximum atomic E-state index is 3.17. The third-order valence-corrected chi connectivity index (χ3v) is 2.30. The zero-order chi connectivity index (χ0) is 9.23. The van der Waals surface area contributed by atoms with Crippen LogP contribution in [0.3, 0.4) is 0 Å². The van der Waals surface area contributed by atoms with E-state index >= 15 is 0 Å². The molecule has 0 bridgehead atoms. The van der Waals surface area contributed by atoms with Crippen LogP contribution >= 0.6 is 0 Å². The summed E-state index contributed by atoms with van der Waals surface area (Å²) in [6, 6.07) is 0. The molecule has 0 aromatic heterocycles. The van der Waals surface area contributed by atoms with E-state index in [-0.39, 0.29) is 0 Å². The lowest BCUT2D eigenvalue weighted by atomic mass is 10.2. The Morgan fingerprint density at radius 1 is 1.00 bits per heavy atom. The maximum Gasteiger partial charge on any atom is -0.00190 e. The van der Waals surface area contributed by atoms with Gasteiger partial charge in [0.2, 0.25) is 0 Å². The second-order valence-electron chi connectivity index (χ2n) is 3.19. The first-order valence-electron chi connectivity index (χ1n) is 5.22. The van der Waals surface area contributed by atoms with Crippen molar-refractivity contribution >= 4 is 0 Å². The first-order chi connectivity index (χ1) is 5.85. The molecule has 1 N–H and O–H groups in total. The number of hydrogen-bond donors (Lipinski definition) is 1. The van der Waals surface area contributed by atoms with Gasteiger partial charge < -0.3 is 10.2 Å². The second-order valence-corrected chi connectivity index (χ2v) is 3.19. The van der Waals surface area contributed by atoms with E-state index in [0.29, 0.717) is 0 Å². The van der Waals surface area contributed by atoms with Crippen molar-refractivity contribution in [1.82, 2.24) is 10.2 Å². The summed E-state index contributed by atoms with van der Waals surface area (Å²) in [6.45, 7) is 9.30. The van der Waals surface area contributed by atoms with Gasteiger partial charge in [-0.3, -0.25) is 0 Å². The summed E-state index contributed by atoms with van der Waals surface area (Å²) >= 11 is 0. The lowest BCUT2D eigenvalue weighted by Gasteiger charge is -2.17. The van der Waals surface area contributed by atoms with Crippen molar-refractivity contribution in [3.63, 3.8) is 0 Å². The first kappa shape index (κ1) is 11.9. The highest BCUT2D eigenvalue weighted by molar-refractivity contribution is 4.53. The van der Waals surface area contributed by atoms with E-state index < -0.39 is 0 Å². The molecule has 0 saturated heterocycles. The van der Waals surface area contributed by atoms with Crippen LogP contribution in [0.5, 0.6) is 0 Å². The Morgan fingerprint density at radius 2 is 1.67 bits per heavy atom. The minimum Gasteiger partial charge on any atom is -0.320 e. The summed E-state index contributed by atoms with van der Waals surface area (Å²) in [4.78, 5) is 2.49. The van der Waals surface area contributed by atoms with Crippen molar-refractivity contribution in [2.75, 3.05) is 33.2 Å². The van der Waals surface area contributed by atoms with E-state index in [1.54, 1.807) is 0 Å². The van der Waals surface area contributed by atoms with Crippen LogP contribution < -0.4 is 5.32 Å². The molecule has 0 heterocycles. The Labute approximate surface area is 77.3 Å². The molecular formula is C10H24N2. The van der Waals surface area contributed by atoms with Crippen molar-refractivity contribution in [1.29, 1.82) is 0 Å². The maximum absolute atomic E-state index is 3.17.